The van der Waals surface area contributed by atoms with Crippen molar-refractivity contribution in [1.29, 1.82) is 0 Å². The van der Waals surface area contributed by atoms with Gasteiger partial charge in [0.1, 0.15) is 23.9 Å². The van der Waals surface area contributed by atoms with Crippen molar-refractivity contribution >= 4 is 27.3 Å². The monoisotopic (exact) mass is 512 g/mol. The molecule has 0 unspecified atom stereocenters. The molecule has 1 amide bonds. The van der Waals surface area contributed by atoms with Gasteiger partial charge in [0, 0.05) is 5.69 Å². The summed E-state index contributed by atoms with van der Waals surface area (Å²) < 4.78 is 52.8. The third-order valence-corrected chi connectivity index (χ3v) is 7.66. The van der Waals surface area contributed by atoms with Gasteiger partial charge in [-0.25, -0.2) is 12.8 Å². The Morgan fingerprint density at radius 3 is 2.17 bits per heavy atom. The minimum absolute atomic E-state index is 0.0171. The first kappa shape index (κ1) is 25.5. The number of rotatable bonds is 10. The Kier molecular flexibility index (Phi) is 8.10. The lowest BCUT2D eigenvalue weighted by Gasteiger charge is -2.24. The minimum Gasteiger partial charge on any atom is -0.494 e. The van der Waals surface area contributed by atoms with Gasteiger partial charge in [-0.2, -0.15) is 0 Å². The molecule has 1 fully saturated rings. The fraction of sp³-hybridized carbons (Fsp3) is 0.296. The molecule has 0 aromatic heterocycles. The molecule has 1 saturated carbocycles. The van der Waals surface area contributed by atoms with Crippen LogP contribution in [-0.2, 0) is 14.8 Å². The van der Waals surface area contributed by atoms with Crippen molar-refractivity contribution in [2.45, 2.75) is 43.6 Å². The van der Waals surface area contributed by atoms with Crippen molar-refractivity contribution in [2.75, 3.05) is 22.8 Å². The lowest BCUT2D eigenvalue weighted by atomic mass is 10.2. The Morgan fingerprint density at radius 1 is 0.944 bits per heavy atom. The van der Waals surface area contributed by atoms with Crippen LogP contribution in [-0.4, -0.2) is 33.6 Å². The zero-order chi connectivity index (χ0) is 25.5. The van der Waals surface area contributed by atoms with Crippen LogP contribution in [0.2, 0.25) is 0 Å². The number of hydrogen-bond acceptors (Lipinski definition) is 5. The molecule has 0 radical (unpaired) electrons. The molecule has 0 aliphatic heterocycles. The molecule has 190 valence electrons. The summed E-state index contributed by atoms with van der Waals surface area (Å²) >= 11 is 0. The first-order chi connectivity index (χ1) is 17.3. The molecule has 0 atom stereocenters. The lowest BCUT2D eigenvalue weighted by molar-refractivity contribution is -0.114. The largest absolute Gasteiger partial charge is 0.494 e. The summed E-state index contributed by atoms with van der Waals surface area (Å²) in [5.41, 5.74) is 0.678. The van der Waals surface area contributed by atoms with E-state index in [4.69, 9.17) is 9.47 Å². The molecule has 0 spiro atoms. The van der Waals surface area contributed by atoms with Crippen molar-refractivity contribution in [3.63, 3.8) is 0 Å². The molecule has 36 heavy (non-hydrogen) atoms. The highest BCUT2D eigenvalue weighted by molar-refractivity contribution is 7.92. The summed E-state index contributed by atoms with van der Waals surface area (Å²) in [6.07, 6.45) is 4.65. The van der Waals surface area contributed by atoms with Crippen LogP contribution in [0, 0.1) is 5.82 Å². The van der Waals surface area contributed by atoms with Gasteiger partial charge in [0.05, 0.1) is 23.3 Å². The van der Waals surface area contributed by atoms with Gasteiger partial charge in [-0.05, 0) is 105 Å². The number of nitrogens with one attached hydrogen (secondary N) is 1. The highest BCUT2D eigenvalue weighted by Crippen LogP contribution is 2.27. The molecule has 0 saturated heterocycles. The number of amides is 1. The quantitative estimate of drug-likeness (QED) is 0.394. The van der Waals surface area contributed by atoms with Crippen molar-refractivity contribution in [3.8, 4) is 11.5 Å². The van der Waals surface area contributed by atoms with E-state index in [2.05, 4.69) is 5.32 Å². The average molecular weight is 513 g/mol. The molecule has 4 rings (SSSR count). The molecule has 7 nitrogen and oxygen atoms in total. The first-order valence-electron chi connectivity index (χ1n) is 11.9. The maximum atomic E-state index is 13.5. The standard InChI is InChI=1S/C27H29FN2O5S/c1-2-34-23-15-17-26(18-16-23)36(32,33)30(22-11-7-20(28)8-12-22)19-27(31)29-21-9-13-25(14-10-21)35-24-5-3-4-6-24/h7-18,24H,2-6,19H2,1H3,(H,29,31). The van der Waals surface area contributed by atoms with E-state index in [1.165, 1.54) is 37.1 Å². The molecule has 0 heterocycles. The van der Waals surface area contributed by atoms with Gasteiger partial charge in [0.2, 0.25) is 5.91 Å². The van der Waals surface area contributed by atoms with Crippen LogP contribution in [0.25, 0.3) is 0 Å². The maximum Gasteiger partial charge on any atom is 0.264 e. The molecule has 1 N–H and O–H groups in total. The van der Waals surface area contributed by atoms with Gasteiger partial charge >= 0.3 is 0 Å². The highest BCUT2D eigenvalue weighted by Gasteiger charge is 2.27. The first-order valence-corrected chi connectivity index (χ1v) is 13.4. The maximum absolute atomic E-state index is 13.5. The second kappa shape index (κ2) is 11.4. The van der Waals surface area contributed by atoms with E-state index in [1.807, 2.05) is 6.92 Å². The number of hydrogen-bond donors (Lipinski definition) is 1. The third kappa shape index (κ3) is 6.34. The van der Waals surface area contributed by atoms with Gasteiger partial charge in [-0.1, -0.05) is 0 Å². The molecule has 3 aromatic rings. The van der Waals surface area contributed by atoms with Crippen LogP contribution in [0.3, 0.4) is 0 Å². The Labute approximate surface area is 210 Å². The topological polar surface area (TPSA) is 84.9 Å². The third-order valence-electron chi connectivity index (χ3n) is 5.87. The SMILES string of the molecule is CCOc1ccc(S(=O)(=O)N(CC(=O)Nc2ccc(OC3CCCC3)cc2)c2ccc(F)cc2)cc1. The molecule has 1 aliphatic rings. The summed E-state index contributed by atoms with van der Waals surface area (Å²) in [6.45, 7) is 1.78. The van der Waals surface area contributed by atoms with E-state index in [0.29, 0.717) is 18.0 Å². The van der Waals surface area contributed by atoms with Crippen molar-refractivity contribution < 1.29 is 27.1 Å². The number of halogens is 1. The summed E-state index contributed by atoms with van der Waals surface area (Å²) in [5, 5.41) is 2.73. The fourth-order valence-electron chi connectivity index (χ4n) is 4.07. The number of ether oxygens (including phenoxy) is 2. The van der Waals surface area contributed by atoms with Gasteiger partial charge in [-0.3, -0.25) is 9.10 Å². The van der Waals surface area contributed by atoms with Crippen LogP contribution in [0.5, 0.6) is 11.5 Å². The van der Waals surface area contributed by atoms with Crippen LogP contribution >= 0.6 is 0 Å². The molecule has 9 heteroatoms. The van der Waals surface area contributed by atoms with Gasteiger partial charge in [0.15, 0.2) is 0 Å². The molecular weight excluding hydrogens is 483 g/mol. The number of benzene rings is 3. The fourth-order valence-corrected chi connectivity index (χ4v) is 5.49. The number of anilines is 2. The molecular formula is C27H29FN2O5S. The molecule has 0 bridgehead atoms. The Balaban J connectivity index is 1.51. The van der Waals surface area contributed by atoms with Crippen molar-refractivity contribution in [1.82, 2.24) is 0 Å². The van der Waals surface area contributed by atoms with E-state index in [0.717, 1.165) is 35.0 Å². The Morgan fingerprint density at radius 2 is 1.56 bits per heavy atom. The summed E-state index contributed by atoms with van der Waals surface area (Å²) in [4.78, 5) is 12.9. The van der Waals surface area contributed by atoms with Crippen molar-refractivity contribution in [2.24, 2.45) is 0 Å². The highest BCUT2D eigenvalue weighted by atomic mass is 32.2. The van der Waals surface area contributed by atoms with Gasteiger partial charge < -0.3 is 14.8 Å². The van der Waals surface area contributed by atoms with E-state index >= 15 is 0 Å². The van der Waals surface area contributed by atoms with Crippen LogP contribution in [0.15, 0.2) is 77.7 Å². The zero-order valence-corrected chi connectivity index (χ0v) is 20.8. The number of carbonyl (C=O) groups excluding carboxylic acids is 1. The smallest absolute Gasteiger partial charge is 0.264 e. The average Bonchev–Trinajstić information content (AvgIpc) is 3.38. The Bertz CT molecular complexity index is 1260. The number of carbonyl (C=O) groups is 1. The van der Waals surface area contributed by atoms with Crippen molar-refractivity contribution in [3.05, 3.63) is 78.6 Å². The van der Waals surface area contributed by atoms with Crippen LogP contribution in [0.1, 0.15) is 32.6 Å². The van der Waals surface area contributed by atoms with E-state index < -0.39 is 28.3 Å². The lowest BCUT2D eigenvalue weighted by Crippen LogP contribution is -2.38. The van der Waals surface area contributed by atoms with Crippen LogP contribution in [0.4, 0.5) is 15.8 Å². The van der Waals surface area contributed by atoms with Crippen LogP contribution < -0.4 is 19.1 Å². The second-order valence-electron chi connectivity index (χ2n) is 8.49. The minimum atomic E-state index is -4.13. The zero-order valence-electron chi connectivity index (χ0n) is 20.0. The normalized spacial score (nSPS) is 13.8. The van der Waals surface area contributed by atoms with E-state index in [9.17, 15) is 17.6 Å². The number of nitrogens with zero attached hydrogens (tertiary/aromatic N) is 1. The number of sulfonamides is 1. The van der Waals surface area contributed by atoms with E-state index in [-0.39, 0.29) is 16.7 Å². The van der Waals surface area contributed by atoms with Gasteiger partial charge in [0.25, 0.3) is 10.0 Å². The van der Waals surface area contributed by atoms with Gasteiger partial charge in [-0.15, -0.1) is 0 Å². The summed E-state index contributed by atoms with van der Waals surface area (Å²) in [7, 11) is -4.13. The summed E-state index contributed by atoms with van der Waals surface area (Å²) in [6, 6.07) is 17.9. The predicted octanol–water partition coefficient (Wildman–Crippen LogP) is 5.38. The molecule has 1 aliphatic carbocycles. The summed E-state index contributed by atoms with van der Waals surface area (Å²) in [5.74, 6) is 0.202. The Hall–Kier alpha value is -3.59. The predicted molar refractivity (Wildman–Crippen MR) is 136 cm³/mol. The van der Waals surface area contributed by atoms with E-state index in [1.54, 1.807) is 36.4 Å². The second-order valence-corrected chi connectivity index (χ2v) is 10.4. The molecule has 3 aromatic carbocycles.